The lowest BCUT2D eigenvalue weighted by Gasteiger charge is -2.20. The van der Waals surface area contributed by atoms with Gasteiger partial charge in [0, 0.05) is 0 Å². The van der Waals surface area contributed by atoms with Crippen molar-refractivity contribution in [3.05, 3.63) is 33.8 Å². The van der Waals surface area contributed by atoms with Crippen LogP contribution in [-0.4, -0.2) is 0 Å². The molecule has 0 unspecified atom stereocenters. The van der Waals surface area contributed by atoms with E-state index in [2.05, 4.69) is 20.8 Å². The van der Waals surface area contributed by atoms with E-state index < -0.39 is 0 Å². The van der Waals surface area contributed by atoms with E-state index in [0.717, 1.165) is 5.56 Å². The second kappa shape index (κ2) is 3.27. The molecule has 2 heteroatoms. The molecular formula is C10H12Cl2. The van der Waals surface area contributed by atoms with Crippen molar-refractivity contribution < 1.29 is 0 Å². The third-order valence-electron chi connectivity index (χ3n) is 1.76. The van der Waals surface area contributed by atoms with Gasteiger partial charge in [0.15, 0.2) is 0 Å². The fourth-order valence-corrected chi connectivity index (χ4v) is 1.67. The van der Waals surface area contributed by atoms with E-state index in [-0.39, 0.29) is 5.41 Å². The van der Waals surface area contributed by atoms with Gasteiger partial charge in [-0.15, -0.1) is 0 Å². The molecule has 0 fully saturated rings. The molecule has 0 radical (unpaired) electrons. The summed E-state index contributed by atoms with van der Waals surface area (Å²) in [5.41, 5.74) is 1.15. The summed E-state index contributed by atoms with van der Waals surface area (Å²) < 4.78 is 0. The van der Waals surface area contributed by atoms with Crippen molar-refractivity contribution in [2.75, 3.05) is 0 Å². The lowest BCUT2D eigenvalue weighted by Crippen LogP contribution is -2.11. The maximum absolute atomic E-state index is 6.05. The second-order valence-electron chi connectivity index (χ2n) is 3.85. The lowest BCUT2D eigenvalue weighted by atomic mass is 9.87. The van der Waals surface area contributed by atoms with Gasteiger partial charge in [0.1, 0.15) is 0 Å². The Balaban J connectivity index is 3.26. The van der Waals surface area contributed by atoms with Crippen molar-refractivity contribution in [3.63, 3.8) is 0 Å². The van der Waals surface area contributed by atoms with Crippen LogP contribution in [0.15, 0.2) is 18.2 Å². The third-order valence-corrected chi connectivity index (χ3v) is 2.58. The molecule has 1 aromatic carbocycles. The third kappa shape index (κ3) is 1.94. The van der Waals surface area contributed by atoms with Crippen LogP contribution >= 0.6 is 23.2 Å². The van der Waals surface area contributed by atoms with E-state index >= 15 is 0 Å². The highest BCUT2D eigenvalue weighted by molar-refractivity contribution is 6.42. The molecule has 0 atom stereocenters. The zero-order valence-corrected chi connectivity index (χ0v) is 9.00. The number of rotatable bonds is 0. The molecular weight excluding hydrogens is 191 g/mol. The Labute approximate surface area is 83.5 Å². The summed E-state index contributed by atoms with van der Waals surface area (Å²) in [6.45, 7) is 6.35. The molecule has 0 saturated heterocycles. The topological polar surface area (TPSA) is 0 Å². The fraction of sp³-hybridized carbons (Fsp3) is 0.400. The van der Waals surface area contributed by atoms with Crippen LogP contribution in [0.3, 0.4) is 0 Å². The summed E-state index contributed by atoms with van der Waals surface area (Å²) in [7, 11) is 0. The van der Waals surface area contributed by atoms with Crippen molar-refractivity contribution in [1.29, 1.82) is 0 Å². The summed E-state index contributed by atoms with van der Waals surface area (Å²) in [4.78, 5) is 0. The van der Waals surface area contributed by atoms with Crippen LogP contribution in [0.5, 0.6) is 0 Å². The predicted octanol–water partition coefficient (Wildman–Crippen LogP) is 4.29. The van der Waals surface area contributed by atoms with Crippen molar-refractivity contribution in [1.82, 2.24) is 0 Å². The zero-order valence-electron chi connectivity index (χ0n) is 7.49. The Morgan fingerprint density at radius 3 is 2.08 bits per heavy atom. The Morgan fingerprint density at radius 1 is 1.08 bits per heavy atom. The van der Waals surface area contributed by atoms with E-state index in [0.29, 0.717) is 10.0 Å². The number of benzene rings is 1. The highest BCUT2D eigenvalue weighted by atomic mass is 35.5. The molecule has 66 valence electrons. The maximum atomic E-state index is 6.05. The Morgan fingerprint density at radius 2 is 1.67 bits per heavy atom. The van der Waals surface area contributed by atoms with Crippen LogP contribution in [0.4, 0.5) is 0 Å². The molecule has 0 aliphatic heterocycles. The minimum absolute atomic E-state index is 0.0575. The molecule has 0 bridgehead atoms. The van der Waals surface area contributed by atoms with E-state index in [1.54, 1.807) is 6.07 Å². The molecule has 12 heavy (non-hydrogen) atoms. The normalized spacial score (nSPS) is 11.8. The summed E-state index contributed by atoms with van der Waals surface area (Å²) in [6.07, 6.45) is 0. The van der Waals surface area contributed by atoms with E-state index in [1.165, 1.54) is 0 Å². The van der Waals surface area contributed by atoms with Gasteiger partial charge in [-0.05, 0) is 17.0 Å². The molecule has 0 heterocycles. The smallest absolute Gasteiger partial charge is 0.0629 e. The molecule has 0 spiro atoms. The monoisotopic (exact) mass is 202 g/mol. The lowest BCUT2D eigenvalue weighted by molar-refractivity contribution is 0.590. The van der Waals surface area contributed by atoms with Gasteiger partial charge >= 0.3 is 0 Å². The minimum atomic E-state index is 0.0575. The molecule has 0 N–H and O–H groups in total. The van der Waals surface area contributed by atoms with Gasteiger partial charge in [0.05, 0.1) is 10.0 Å². The largest absolute Gasteiger partial charge is 0.0827 e. The molecule has 1 rings (SSSR count). The molecule has 0 saturated carbocycles. The van der Waals surface area contributed by atoms with Crippen molar-refractivity contribution in [2.24, 2.45) is 0 Å². The number of hydrogen-bond acceptors (Lipinski definition) is 0. The zero-order chi connectivity index (χ0) is 9.35. The van der Waals surface area contributed by atoms with Crippen molar-refractivity contribution in [3.8, 4) is 0 Å². The summed E-state index contributed by atoms with van der Waals surface area (Å²) in [5.74, 6) is 0. The van der Waals surface area contributed by atoms with Gasteiger partial charge in [-0.3, -0.25) is 0 Å². The van der Waals surface area contributed by atoms with Gasteiger partial charge < -0.3 is 0 Å². The number of halogens is 2. The van der Waals surface area contributed by atoms with Crippen LogP contribution in [-0.2, 0) is 5.41 Å². The predicted molar refractivity (Wildman–Crippen MR) is 55.2 cm³/mol. The first-order valence-electron chi connectivity index (χ1n) is 3.87. The Kier molecular flexibility index (Phi) is 2.70. The fourth-order valence-electron chi connectivity index (χ4n) is 1.08. The van der Waals surface area contributed by atoms with Crippen LogP contribution in [0.1, 0.15) is 26.3 Å². The summed E-state index contributed by atoms with van der Waals surface area (Å²) >= 11 is 11.9. The first-order chi connectivity index (χ1) is 5.43. The van der Waals surface area contributed by atoms with Crippen LogP contribution in [0.25, 0.3) is 0 Å². The van der Waals surface area contributed by atoms with Crippen LogP contribution in [0.2, 0.25) is 10.0 Å². The Bertz CT molecular complexity index is 284. The van der Waals surface area contributed by atoms with E-state index in [4.69, 9.17) is 23.2 Å². The molecule has 0 nitrogen and oxygen atoms in total. The SMILES string of the molecule is CC(C)(C)c1cccc(Cl)c1Cl. The van der Waals surface area contributed by atoms with Gasteiger partial charge in [-0.1, -0.05) is 56.1 Å². The highest BCUT2D eigenvalue weighted by Crippen LogP contribution is 2.33. The average molecular weight is 203 g/mol. The quantitative estimate of drug-likeness (QED) is 0.589. The maximum Gasteiger partial charge on any atom is 0.0629 e. The first-order valence-corrected chi connectivity index (χ1v) is 4.63. The average Bonchev–Trinajstić information content (AvgIpc) is 1.92. The van der Waals surface area contributed by atoms with Gasteiger partial charge in [0.25, 0.3) is 0 Å². The second-order valence-corrected chi connectivity index (χ2v) is 4.64. The summed E-state index contributed by atoms with van der Waals surface area (Å²) in [6, 6.07) is 5.74. The van der Waals surface area contributed by atoms with Crippen LogP contribution in [0, 0.1) is 0 Å². The van der Waals surface area contributed by atoms with Crippen molar-refractivity contribution in [2.45, 2.75) is 26.2 Å². The van der Waals surface area contributed by atoms with Gasteiger partial charge in [-0.25, -0.2) is 0 Å². The Hall–Kier alpha value is -0.200. The van der Waals surface area contributed by atoms with Crippen LogP contribution < -0.4 is 0 Å². The highest BCUT2D eigenvalue weighted by Gasteiger charge is 2.17. The van der Waals surface area contributed by atoms with Gasteiger partial charge in [0.2, 0.25) is 0 Å². The standard InChI is InChI=1S/C10H12Cl2/c1-10(2,3)7-5-4-6-8(11)9(7)12/h4-6H,1-3H3. The first kappa shape index (κ1) is 9.88. The minimum Gasteiger partial charge on any atom is -0.0827 e. The summed E-state index contributed by atoms with van der Waals surface area (Å²) in [5, 5.41) is 1.30. The molecule has 0 aromatic heterocycles. The van der Waals surface area contributed by atoms with E-state index in [1.807, 2.05) is 12.1 Å². The van der Waals surface area contributed by atoms with Gasteiger partial charge in [-0.2, -0.15) is 0 Å². The molecule has 1 aromatic rings. The molecule has 0 amide bonds. The van der Waals surface area contributed by atoms with Crippen molar-refractivity contribution >= 4 is 23.2 Å². The molecule has 0 aliphatic rings. The number of hydrogen-bond donors (Lipinski definition) is 0. The molecule has 0 aliphatic carbocycles. The van der Waals surface area contributed by atoms with E-state index in [9.17, 15) is 0 Å².